The Bertz CT molecular complexity index is 956. The zero-order valence-corrected chi connectivity index (χ0v) is 17.9. The van der Waals surface area contributed by atoms with Crippen LogP contribution in [0.15, 0.2) is 30.3 Å². The minimum absolute atomic E-state index is 0.165. The normalized spacial score (nSPS) is 10.9. The molecular formula is C21H24N2O5S. The average Bonchev–Trinajstić information content (AvgIpc) is 2.99. The number of para-hydroxylation sites is 1. The molecule has 29 heavy (non-hydrogen) atoms. The molecule has 8 heteroatoms. The van der Waals surface area contributed by atoms with Crippen molar-refractivity contribution in [3.8, 4) is 0 Å². The van der Waals surface area contributed by atoms with E-state index in [1.165, 1.54) is 6.92 Å². The van der Waals surface area contributed by atoms with E-state index in [4.69, 9.17) is 4.74 Å². The lowest BCUT2D eigenvalue weighted by atomic mass is 9.96. The molecule has 1 aromatic heterocycles. The molecule has 2 aromatic rings. The van der Waals surface area contributed by atoms with Gasteiger partial charge in [0.05, 0.1) is 10.7 Å². The number of hydrogen-bond donors (Lipinski definition) is 2. The molecule has 0 saturated carbocycles. The van der Waals surface area contributed by atoms with Gasteiger partial charge >= 0.3 is 5.97 Å². The largest absolute Gasteiger partial charge is 0.451 e. The quantitative estimate of drug-likeness (QED) is 0.547. The van der Waals surface area contributed by atoms with Gasteiger partial charge in [0.1, 0.15) is 4.88 Å². The molecule has 2 N–H and O–H groups in total. The Morgan fingerprint density at radius 1 is 1.07 bits per heavy atom. The van der Waals surface area contributed by atoms with Gasteiger partial charge in [-0.15, -0.1) is 11.3 Å². The SMILES string of the molecule is CC(=O)c1ccccc1NC(=O)COC(=O)c1sc(NC(=O)C(C)(C)C)cc1C. The molecule has 2 rings (SSSR count). The molecule has 154 valence electrons. The molecule has 7 nitrogen and oxygen atoms in total. The molecule has 0 aliphatic rings. The van der Waals surface area contributed by atoms with Gasteiger partial charge in [-0.2, -0.15) is 0 Å². The Morgan fingerprint density at radius 3 is 2.34 bits per heavy atom. The summed E-state index contributed by atoms with van der Waals surface area (Å²) < 4.78 is 5.09. The van der Waals surface area contributed by atoms with Crippen LogP contribution in [0.25, 0.3) is 0 Å². The maximum absolute atomic E-state index is 12.3. The topological polar surface area (TPSA) is 102 Å². The van der Waals surface area contributed by atoms with Crippen LogP contribution in [-0.2, 0) is 14.3 Å². The van der Waals surface area contributed by atoms with Gasteiger partial charge in [-0.25, -0.2) is 4.79 Å². The highest BCUT2D eigenvalue weighted by atomic mass is 32.1. The first kappa shape index (κ1) is 22.3. The van der Waals surface area contributed by atoms with E-state index < -0.39 is 23.9 Å². The molecule has 0 fully saturated rings. The highest BCUT2D eigenvalue weighted by molar-refractivity contribution is 7.18. The predicted octanol–water partition coefficient (Wildman–Crippen LogP) is 4.04. The van der Waals surface area contributed by atoms with Crippen molar-refractivity contribution in [2.75, 3.05) is 17.2 Å². The third-order valence-corrected chi connectivity index (χ3v) is 5.07. The molecule has 0 aliphatic carbocycles. The van der Waals surface area contributed by atoms with Crippen LogP contribution in [-0.4, -0.2) is 30.2 Å². The zero-order chi connectivity index (χ0) is 21.8. The van der Waals surface area contributed by atoms with Gasteiger partial charge in [0.25, 0.3) is 5.91 Å². The van der Waals surface area contributed by atoms with Crippen molar-refractivity contribution in [3.05, 3.63) is 46.3 Å². The molecule has 0 bridgehead atoms. The summed E-state index contributed by atoms with van der Waals surface area (Å²) in [7, 11) is 0. The second kappa shape index (κ2) is 9.00. The number of ketones is 1. The lowest BCUT2D eigenvalue weighted by Crippen LogP contribution is -2.27. The van der Waals surface area contributed by atoms with E-state index in [1.807, 2.05) is 0 Å². The molecule has 2 amide bonds. The van der Waals surface area contributed by atoms with E-state index in [0.29, 0.717) is 26.7 Å². The number of aryl methyl sites for hydroxylation is 1. The average molecular weight is 416 g/mol. The van der Waals surface area contributed by atoms with E-state index in [-0.39, 0.29) is 11.7 Å². The Balaban J connectivity index is 1.98. The number of anilines is 2. The van der Waals surface area contributed by atoms with Gasteiger partial charge in [-0.1, -0.05) is 32.9 Å². The van der Waals surface area contributed by atoms with Gasteiger partial charge < -0.3 is 15.4 Å². The summed E-state index contributed by atoms with van der Waals surface area (Å²) in [6.45, 7) is 8.01. The fourth-order valence-electron chi connectivity index (χ4n) is 2.33. The zero-order valence-electron chi connectivity index (χ0n) is 17.0. The number of benzene rings is 1. The minimum Gasteiger partial charge on any atom is -0.451 e. The molecule has 0 aliphatic heterocycles. The maximum atomic E-state index is 12.3. The fraction of sp³-hybridized carbons (Fsp3) is 0.333. The molecular weight excluding hydrogens is 392 g/mol. The molecule has 0 unspecified atom stereocenters. The van der Waals surface area contributed by atoms with Crippen molar-refractivity contribution in [2.24, 2.45) is 5.41 Å². The standard InChI is InChI=1S/C21H24N2O5S/c1-12-10-17(23-20(27)21(3,4)5)29-18(12)19(26)28-11-16(25)22-15-9-7-6-8-14(15)13(2)24/h6-10H,11H2,1-5H3,(H,22,25)(H,23,27). The van der Waals surface area contributed by atoms with E-state index in [1.54, 1.807) is 58.0 Å². The van der Waals surface area contributed by atoms with Gasteiger partial charge in [0, 0.05) is 11.0 Å². The van der Waals surface area contributed by atoms with Crippen LogP contribution < -0.4 is 10.6 Å². The monoisotopic (exact) mass is 416 g/mol. The Labute approximate surface area is 173 Å². The van der Waals surface area contributed by atoms with Gasteiger partial charge in [0.15, 0.2) is 12.4 Å². The van der Waals surface area contributed by atoms with Crippen LogP contribution in [0.2, 0.25) is 0 Å². The van der Waals surface area contributed by atoms with E-state index in [2.05, 4.69) is 10.6 Å². The Kier molecular flexibility index (Phi) is 6.92. The number of carbonyl (C=O) groups is 4. The van der Waals surface area contributed by atoms with Gasteiger partial charge in [-0.3, -0.25) is 14.4 Å². The molecule has 0 spiro atoms. The summed E-state index contributed by atoms with van der Waals surface area (Å²) in [5, 5.41) is 5.88. The second-order valence-electron chi connectivity index (χ2n) is 7.55. The van der Waals surface area contributed by atoms with Crippen LogP contribution in [0.1, 0.15) is 53.3 Å². The molecule has 0 radical (unpaired) electrons. The lowest BCUT2D eigenvalue weighted by molar-refractivity contribution is -0.123. The molecule has 0 saturated heterocycles. The maximum Gasteiger partial charge on any atom is 0.349 e. The lowest BCUT2D eigenvalue weighted by Gasteiger charge is -2.16. The summed E-state index contributed by atoms with van der Waals surface area (Å²) in [6, 6.07) is 8.28. The van der Waals surface area contributed by atoms with Crippen molar-refractivity contribution in [3.63, 3.8) is 0 Å². The van der Waals surface area contributed by atoms with E-state index in [0.717, 1.165) is 11.3 Å². The van der Waals surface area contributed by atoms with Crippen LogP contribution in [0.5, 0.6) is 0 Å². The molecule has 1 heterocycles. The van der Waals surface area contributed by atoms with Crippen LogP contribution in [0.4, 0.5) is 10.7 Å². The summed E-state index contributed by atoms with van der Waals surface area (Å²) in [5.74, 6) is -1.56. The van der Waals surface area contributed by atoms with Gasteiger partial charge in [0.2, 0.25) is 5.91 Å². The van der Waals surface area contributed by atoms with Crippen molar-refractivity contribution >= 4 is 45.6 Å². The van der Waals surface area contributed by atoms with Crippen LogP contribution in [0.3, 0.4) is 0 Å². The number of carbonyl (C=O) groups excluding carboxylic acids is 4. The number of Topliss-reactive ketones (excluding diaryl/α,β-unsaturated/α-hetero) is 1. The summed E-state index contributed by atoms with van der Waals surface area (Å²) in [4.78, 5) is 48.5. The highest BCUT2D eigenvalue weighted by Crippen LogP contribution is 2.29. The Morgan fingerprint density at radius 2 is 1.72 bits per heavy atom. The van der Waals surface area contributed by atoms with Crippen molar-refractivity contribution in [1.29, 1.82) is 0 Å². The van der Waals surface area contributed by atoms with Gasteiger partial charge in [-0.05, 0) is 37.6 Å². The van der Waals surface area contributed by atoms with Crippen molar-refractivity contribution in [2.45, 2.75) is 34.6 Å². The summed E-state index contributed by atoms with van der Waals surface area (Å²) in [5.41, 5.74) is 0.819. The predicted molar refractivity (Wildman–Crippen MR) is 112 cm³/mol. The number of hydrogen-bond acceptors (Lipinski definition) is 6. The molecule has 0 atom stereocenters. The Hall–Kier alpha value is -3.00. The van der Waals surface area contributed by atoms with E-state index >= 15 is 0 Å². The minimum atomic E-state index is -0.654. The van der Waals surface area contributed by atoms with Crippen LogP contribution >= 0.6 is 11.3 Å². The number of rotatable bonds is 6. The van der Waals surface area contributed by atoms with Crippen molar-refractivity contribution in [1.82, 2.24) is 0 Å². The summed E-state index contributed by atoms with van der Waals surface area (Å²) >= 11 is 1.09. The number of ether oxygens (including phenoxy) is 1. The first-order valence-corrected chi connectivity index (χ1v) is 9.79. The number of thiophene rings is 1. The van der Waals surface area contributed by atoms with E-state index in [9.17, 15) is 19.2 Å². The van der Waals surface area contributed by atoms with Crippen molar-refractivity contribution < 1.29 is 23.9 Å². The number of esters is 1. The number of nitrogens with one attached hydrogen (secondary N) is 2. The first-order valence-electron chi connectivity index (χ1n) is 8.98. The molecule has 1 aromatic carbocycles. The highest BCUT2D eigenvalue weighted by Gasteiger charge is 2.23. The fourth-order valence-corrected chi connectivity index (χ4v) is 3.29. The third-order valence-electron chi connectivity index (χ3n) is 3.94. The van der Waals surface area contributed by atoms with Crippen LogP contribution in [0, 0.1) is 12.3 Å². The summed E-state index contributed by atoms with van der Waals surface area (Å²) in [6.07, 6.45) is 0. The third kappa shape index (κ3) is 5.99. The number of amides is 2. The second-order valence-corrected chi connectivity index (χ2v) is 8.61. The first-order chi connectivity index (χ1) is 13.5. The smallest absolute Gasteiger partial charge is 0.349 e.